The summed E-state index contributed by atoms with van der Waals surface area (Å²) >= 11 is 1.35. The van der Waals surface area contributed by atoms with Gasteiger partial charge in [0.25, 0.3) is 5.91 Å². The summed E-state index contributed by atoms with van der Waals surface area (Å²) in [5.74, 6) is 0.885. The molecule has 1 heterocycles. The van der Waals surface area contributed by atoms with Gasteiger partial charge in [-0.25, -0.2) is 9.37 Å². The molecule has 1 aliphatic carbocycles. The lowest BCUT2D eigenvalue weighted by molar-refractivity contribution is -0.118. The monoisotopic (exact) mass is 494 g/mol. The number of nitrogens with one attached hydrogen (secondary N) is 2. The first kappa shape index (κ1) is 25.0. The minimum absolute atomic E-state index is 0.0144. The maximum absolute atomic E-state index is 14.7. The van der Waals surface area contributed by atoms with Crippen LogP contribution in [0.1, 0.15) is 53.8 Å². The predicted molar refractivity (Wildman–Crippen MR) is 136 cm³/mol. The smallest absolute Gasteiger partial charge is 0.252 e. The van der Waals surface area contributed by atoms with Crippen LogP contribution in [0.2, 0.25) is 0 Å². The number of carbonyl (C=O) groups excluding carboxylic acids is 2. The number of hydrogen-bond donors (Lipinski definition) is 2. The predicted octanol–water partition coefficient (Wildman–Crippen LogP) is 5.04. The topological polar surface area (TPSA) is 76.0 Å². The maximum Gasteiger partial charge on any atom is 0.252 e. The number of rotatable bonds is 9. The van der Waals surface area contributed by atoms with E-state index in [4.69, 9.17) is 0 Å². The Morgan fingerprint density at radius 3 is 2.66 bits per heavy atom. The van der Waals surface area contributed by atoms with Crippen molar-refractivity contribution < 1.29 is 14.0 Å². The zero-order valence-electron chi connectivity index (χ0n) is 19.9. The van der Waals surface area contributed by atoms with Gasteiger partial charge >= 0.3 is 0 Å². The van der Waals surface area contributed by atoms with Crippen LogP contribution in [0.4, 0.5) is 4.39 Å². The van der Waals surface area contributed by atoms with Crippen molar-refractivity contribution >= 4 is 23.6 Å². The van der Waals surface area contributed by atoms with E-state index in [1.54, 1.807) is 41.2 Å². The van der Waals surface area contributed by atoms with Gasteiger partial charge in [0.2, 0.25) is 5.91 Å². The third kappa shape index (κ3) is 6.72. The molecule has 1 aliphatic rings. The van der Waals surface area contributed by atoms with Crippen LogP contribution in [-0.2, 0) is 11.3 Å². The molecule has 3 aromatic rings. The summed E-state index contributed by atoms with van der Waals surface area (Å²) < 4.78 is 16.3. The molecule has 6 nitrogen and oxygen atoms in total. The van der Waals surface area contributed by atoms with Crippen LogP contribution in [-0.4, -0.2) is 33.7 Å². The molecule has 1 fully saturated rings. The Kier molecular flexibility index (Phi) is 8.58. The second-order valence-corrected chi connectivity index (χ2v) is 9.92. The average molecular weight is 495 g/mol. The summed E-state index contributed by atoms with van der Waals surface area (Å²) in [7, 11) is 0. The molecule has 4 rings (SSSR count). The van der Waals surface area contributed by atoms with Crippen LogP contribution in [0.15, 0.2) is 59.8 Å². The van der Waals surface area contributed by atoms with Gasteiger partial charge in [0.15, 0.2) is 0 Å². The summed E-state index contributed by atoms with van der Waals surface area (Å²) in [6.45, 7) is 2.74. The summed E-state index contributed by atoms with van der Waals surface area (Å²) in [4.78, 5) is 30.1. The molecule has 1 aromatic heterocycles. The third-order valence-electron chi connectivity index (χ3n) is 6.35. The molecular formula is C27H31FN4O2S. The largest absolute Gasteiger partial charge is 0.355 e. The van der Waals surface area contributed by atoms with Gasteiger partial charge in [0.05, 0.1) is 17.0 Å². The van der Waals surface area contributed by atoms with E-state index < -0.39 is 0 Å². The van der Waals surface area contributed by atoms with E-state index in [0.29, 0.717) is 28.6 Å². The Bertz CT molecular complexity index is 1170. The highest BCUT2D eigenvalue weighted by atomic mass is 32.2. The number of amides is 2. The summed E-state index contributed by atoms with van der Waals surface area (Å²) in [6.07, 6.45) is 9.50. The van der Waals surface area contributed by atoms with Crippen molar-refractivity contribution in [2.24, 2.45) is 5.92 Å². The Balaban J connectivity index is 1.31. The summed E-state index contributed by atoms with van der Waals surface area (Å²) in [5, 5.41) is 5.91. The molecule has 0 atom stereocenters. The highest BCUT2D eigenvalue weighted by Crippen LogP contribution is 2.24. The quantitative estimate of drug-likeness (QED) is 0.409. The number of halogens is 1. The first-order valence-electron chi connectivity index (χ1n) is 12.1. The molecule has 2 N–H and O–H groups in total. The van der Waals surface area contributed by atoms with Crippen LogP contribution in [0.3, 0.4) is 0 Å². The molecule has 184 valence electrons. The fraction of sp³-hybridized carbons (Fsp3) is 0.370. The fourth-order valence-electron chi connectivity index (χ4n) is 4.39. The van der Waals surface area contributed by atoms with Crippen molar-refractivity contribution in [2.75, 3.05) is 12.3 Å². The van der Waals surface area contributed by atoms with Crippen LogP contribution < -0.4 is 10.6 Å². The number of benzene rings is 2. The van der Waals surface area contributed by atoms with Crippen LogP contribution >= 0.6 is 11.8 Å². The average Bonchev–Trinajstić information content (AvgIpc) is 3.31. The molecule has 0 aliphatic heterocycles. The highest BCUT2D eigenvalue weighted by molar-refractivity contribution is 8.00. The van der Waals surface area contributed by atoms with Crippen LogP contribution in [0.25, 0.3) is 5.69 Å². The molecule has 0 unspecified atom stereocenters. The van der Waals surface area contributed by atoms with Gasteiger partial charge in [-0.1, -0.05) is 37.5 Å². The zero-order chi connectivity index (χ0) is 24.6. The number of hydrogen-bond acceptors (Lipinski definition) is 4. The molecule has 2 aromatic carbocycles. The zero-order valence-corrected chi connectivity index (χ0v) is 20.7. The molecule has 0 saturated heterocycles. The van der Waals surface area contributed by atoms with Gasteiger partial charge in [-0.3, -0.25) is 9.59 Å². The number of imidazole rings is 1. The normalized spacial score (nSPS) is 14.0. The van der Waals surface area contributed by atoms with Gasteiger partial charge in [0.1, 0.15) is 11.6 Å². The van der Waals surface area contributed by atoms with E-state index in [1.165, 1.54) is 49.9 Å². The summed E-state index contributed by atoms with van der Waals surface area (Å²) in [6, 6.07) is 12.1. The summed E-state index contributed by atoms with van der Waals surface area (Å²) in [5.41, 5.74) is 1.58. The van der Waals surface area contributed by atoms with Gasteiger partial charge < -0.3 is 15.2 Å². The lowest BCUT2D eigenvalue weighted by atomic mass is 9.89. The van der Waals surface area contributed by atoms with Gasteiger partial charge in [-0.15, -0.1) is 11.8 Å². The Morgan fingerprint density at radius 1 is 1.11 bits per heavy atom. The minimum Gasteiger partial charge on any atom is -0.355 e. The van der Waals surface area contributed by atoms with Crippen LogP contribution in [0, 0.1) is 18.7 Å². The lowest BCUT2D eigenvalue weighted by Gasteiger charge is -2.21. The van der Waals surface area contributed by atoms with Crippen molar-refractivity contribution in [3.8, 4) is 5.69 Å². The van der Waals surface area contributed by atoms with E-state index in [9.17, 15) is 14.0 Å². The number of aromatic nitrogens is 2. The van der Waals surface area contributed by atoms with Gasteiger partial charge in [-0.2, -0.15) is 0 Å². The SMILES string of the molecule is Cc1nccn1-c1ccc(CNC(=O)c2ccccc2SCC(=O)NCC2CCCCC2)cc1F. The molecule has 0 bridgehead atoms. The maximum atomic E-state index is 14.7. The van der Waals surface area contributed by atoms with Crippen molar-refractivity contribution in [1.82, 2.24) is 20.2 Å². The number of nitrogens with zero attached hydrogens (tertiary/aromatic N) is 2. The van der Waals surface area contributed by atoms with Crippen molar-refractivity contribution in [1.29, 1.82) is 0 Å². The molecule has 0 radical (unpaired) electrons. The van der Waals surface area contributed by atoms with E-state index in [-0.39, 0.29) is 29.9 Å². The second-order valence-electron chi connectivity index (χ2n) is 8.91. The first-order chi connectivity index (χ1) is 17.0. The Morgan fingerprint density at radius 2 is 1.91 bits per heavy atom. The molecule has 0 spiro atoms. The van der Waals surface area contributed by atoms with Crippen LogP contribution in [0.5, 0.6) is 0 Å². The first-order valence-corrected chi connectivity index (χ1v) is 13.1. The van der Waals surface area contributed by atoms with E-state index >= 15 is 0 Å². The molecule has 8 heteroatoms. The van der Waals surface area contributed by atoms with Gasteiger partial charge in [-0.05, 0) is 55.5 Å². The second kappa shape index (κ2) is 12.0. The third-order valence-corrected chi connectivity index (χ3v) is 7.43. The highest BCUT2D eigenvalue weighted by Gasteiger charge is 2.16. The van der Waals surface area contributed by atoms with Crippen molar-refractivity contribution in [3.05, 3.63) is 77.6 Å². The fourth-order valence-corrected chi connectivity index (χ4v) is 5.27. The number of thioether (sulfide) groups is 1. The molecule has 1 saturated carbocycles. The molecule has 35 heavy (non-hydrogen) atoms. The van der Waals surface area contributed by atoms with E-state index in [1.807, 2.05) is 19.1 Å². The molecular weight excluding hydrogens is 463 g/mol. The minimum atomic E-state index is -0.381. The van der Waals surface area contributed by atoms with E-state index in [2.05, 4.69) is 15.6 Å². The Labute approximate surface area is 209 Å². The number of aryl methyl sites for hydroxylation is 1. The van der Waals surface area contributed by atoms with Crippen molar-refractivity contribution in [2.45, 2.75) is 50.5 Å². The van der Waals surface area contributed by atoms with E-state index in [0.717, 1.165) is 11.4 Å². The number of carbonyl (C=O) groups is 2. The molecule has 2 amide bonds. The van der Waals surface area contributed by atoms with Crippen molar-refractivity contribution in [3.63, 3.8) is 0 Å². The van der Waals surface area contributed by atoms with Gasteiger partial charge in [0, 0.05) is 30.4 Å². The Hall–Kier alpha value is -3.13. The standard InChI is InChI=1S/C27H31FN4O2S/c1-19-29-13-14-32(19)24-12-11-21(15-23(24)28)17-31-27(34)22-9-5-6-10-25(22)35-18-26(33)30-16-20-7-3-2-4-8-20/h5-6,9-15,20H,2-4,7-8,16-18H2,1H3,(H,30,33)(H,31,34). The lowest BCUT2D eigenvalue weighted by Crippen LogP contribution is -2.31.